The summed E-state index contributed by atoms with van der Waals surface area (Å²) in [5, 5.41) is 2.39. The largest absolute Gasteiger partial charge is 0.306 e. The van der Waals surface area contributed by atoms with Crippen LogP contribution in [0.3, 0.4) is 0 Å². The molecule has 1 heterocycles. The Kier molecular flexibility index (Phi) is 3.50. The van der Waals surface area contributed by atoms with Crippen LogP contribution in [-0.2, 0) is 0 Å². The molecule has 1 aromatic heterocycles. The lowest BCUT2D eigenvalue weighted by molar-refractivity contribution is 0.102. The zero-order valence-corrected chi connectivity index (χ0v) is 9.88. The molecule has 1 amide bonds. The Morgan fingerprint density at radius 2 is 1.84 bits per heavy atom. The van der Waals surface area contributed by atoms with Crippen molar-refractivity contribution in [2.45, 2.75) is 6.92 Å². The van der Waals surface area contributed by atoms with Crippen molar-refractivity contribution in [2.75, 3.05) is 5.32 Å². The molecule has 0 bridgehead atoms. The minimum Gasteiger partial charge on any atom is -0.306 e. The highest BCUT2D eigenvalue weighted by atomic mass is 19.2. The number of hydrogen-bond donors (Lipinski definition) is 1. The van der Waals surface area contributed by atoms with Gasteiger partial charge in [0.1, 0.15) is 5.82 Å². The van der Waals surface area contributed by atoms with Gasteiger partial charge in [0.25, 0.3) is 5.91 Å². The van der Waals surface area contributed by atoms with Crippen molar-refractivity contribution in [1.29, 1.82) is 0 Å². The molecular formula is C13H9F3N2O. The number of halogens is 3. The predicted molar refractivity (Wildman–Crippen MR) is 63.2 cm³/mol. The van der Waals surface area contributed by atoms with Crippen molar-refractivity contribution in [2.24, 2.45) is 0 Å². The number of carbonyl (C=O) groups is 1. The summed E-state index contributed by atoms with van der Waals surface area (Å²) in [5.74, 6) is -4.92. The maximum atomic E-state index is 13.0. The van der Waals surface area contributed by atoms with Gasteiger partial charge in [-0.3, -0.25) is 4.79 Å². The van der Waals surface area contributed by atoms with Crippen molar-refractivity contribution in [3.8, 4) is 0 Å². The first-order valence-corrected chi connectivity index (χ1v) is 5.36. The molecule has 19 heavy (non-hydrogen) atoms. The summed E-state index contributed by atoms with van der Waals surface area (Å²) in [6.45, 7) is 1.72. The summed E-state index contributed by atoms with van der Waals surface area (Å²) >= 11 is 0. The third-order valence-electron chi connectivity index (χ3n) is 2.49. The van der Waals surface area contributed by atoms with Crippen LogP contribution in [0.5, 0.6) is 0 Å². The number of nitrogens with one attached hydrogen (secondary N) is 1. The molecule has 0 spiro atoms. The van der Waals surface area contributed by atoms with E-state index in [0.717, 1.165) is 0 Å². The third-order valence-corrected chi connectivity index (χ3v) is 2.49. The predicted octanol–water partition coefficient (Wildman–Crippen LogP) is 3.06. The molecule has 0 radical (unpaired) electrons. The first kappa shape index (κ1) is 13.1. The Bertz CT molecular complexity index is 621. The molecule has 0 atom stereocenters. The van der Waals surface area contributed by atoms with Gasteiger partial charge in [0.15, 0.2) is 17.5 Å². The summed E-state index contributed by atoms with van der Waals surface area (Å²) in [5.41, 5.74) is 0.375. The minimum atomic E-state index is -1.61. The van der Waals surface area contributed by atoms with Gasteiger partial charge in [-0.05, 0) is 30.7 Å². The standard InChI is InChI=1S/C13H9F3N2O/c1-7-3-2-4-17-12(7)18-13(19)8-5-9(14)11(16)10(15)6-8/h2-6H,1H3,(H,17,18,19). The second-order valence-corrected chi connectivity index (χ2v) is 3.88. The van der Waals surface area contributed by atoms with Crippen LogP contribution in [0.1, 0.15) is 15.9 Å². The maximum absolute atomic E-state index is 13.0. The van der Waals surface area contributed by atoms with Gasteiger partial charge < -0.3 is 5.32 Å². The number of anilines is 1. The topological polar surface area (TPSA) is 42.0 Å². The molecule has 2 rings (SSSR count). The second-order valence-electron chi connectivity index (χ2n) is 3.88. The SMILES string of the molecule is Cc1cccnc1NC(=O)c1cc(F)c(F)c(F)c1. The lowest BCUT2D eigenvalue weighted by Crippen LogP contribution is -2.15. The first-order valence-electron chi connectivity index (χ1n) is 5.36. The Morgan fingerprint density at radius 1 is 1.21 bits per heavy atom. The number of aryl methyl sites for hydroxylation is 1. The van der Waals surface area contributed by atoms with Gasteiger partial charge in [0.05, 0.1) is 0 Å². The average Bonchev–Trinajstić information content (AvgIpc) is 2.38. The van der Waals surface area contributed by atoms with Crippen LogP contribution in [0.15, 0.2) is 30.5 Å². The molecule has 0 aliphatic carbocycles. The molecule has 2 aromatic rings. The number of nitrogens with zero attached hydrogens (tertiary/aromatic N) is 1. The number of rotatable bonds is 2. The van der Waals surface area contributed by atoms with Crippen molar-refractivity contribution >= 4 is 11.7 Å². The Hall–Kier alpha value is -2.37. The molecule has 6 heteroatoms. The van der Waals surface area contributed by atoms with E-state index in [9.17, 15) is 18.0 Å². The van der Waals surface area contributed by atoms with Crippen molar-refractivity contribution in [3.05, 3.63) is 59.0 Å². The van der Waals surface area contributed by atoms with Crippen LogP contribution < -0.4 is 5.32 Å². The molecule has 0 fully saturated rings. The lowest BCUT2D eigenvalue weighted by atomic mass is 10.2. The van der Waals surface area contributed by atoms with E-state index >= 15 is 0 Å². The summed E-state index contributed by atoms with van der Waals surface area (Å²) in [4.78, 5) is 15.7. The van der Waals surface area contributed by atoms with Crippen molar-refractivity contribution < 1.29 is 18.0 Å². The van der Waals surface area contributed by atoms with Gasteiger partial charge in [-0.1, -0.05) is 6.07 Å². The van der Waals surface area contributed by atoms with Gasteiger partial charge in [0, 0.05) is 11.8 Å². The zero-order valence-electron chi connectivity index (χ0n) is 9.88. The Balaban J connectivity index is 2.28. The normalized spacial score (nSPS) is 10.3. The summed E-state index contributed by atoms with van der Waals surface area (Å²) < 4.78 is 38.8. The molecule has 3 nitrogen and oxygen atoms in total. The van der Waals surface area contributed by atoms with Crippen LogP contribution in [0.25, 0.3) is 0 Å². The second kappa shape index (κ2) is 5.09. The Morgan fingerprint density at radius 3 is 2.42 bits per heavy atom. The molecule has 0 unspecified atom stereocenters. The molecule has 1 N–H and O–H groups in total. The molecule has 0 saturated carbocycles. The third kappa shape index (κ3) is 2.73. The van der Waals surface area contributed by atoms with Crippen LogP contribution in [-0.4, -0.2) is 10.9 Å². The smallest absolute Gasteiger partial charge is 0.257 e. The number of carbonyl (C=O) groups excluding carboxylic acids is 1. The highest BCUT2D eigenvalue weighted by Crippen LogP contribution is 2.16. The maximum Gasteiger partial charge on any atom is 0.257 e. The first-order chi connectivity index (χ1) is 8.99. The van der Waals surface area contributed by atoms with Crippen LogP contribution in [0, 0.1) is 24.4 Å². The van der Waals surface area contributed by atoms with E-state index in [0.29, 0.717) is 17.7 Å². The number of hydrogen-bond acceptors (Lipinski definition) is 2. The fourth-order valence-corrected chi connectivity index (χ4v) is 1.48. The highest BCUT2D eigenvalue weighted by Gasteiger charge is 2.15. The van der Waals surface area contributed by atoms with Gasteiger partial charge in [0.2, 0.25) is 0 Å². The number of benzene rings is 1. The van der Waals surface area contributed by atoms with Gasteiger partial charge in [-0.2, -0.15) is 0 Å². The fraction of sp³-hybridized carbons (Fsp3) is 0.0769. The fourth-order valence-electron chi connectivity index (χ4n) is 1.48. The molecule has 1 aromatic carbocycles. The van der Waals surface area contributed by atoms with E-state index in [-0.39, 0.29) is 11.4 Å². The van der Waals surface area contributed by atoms with Gasteiger partial charge in [-0.25, -0.2) is 18.2 Å². The van der Waals surface area contributed by atoms with E-state index in [1.54, 1.807) is 19.1 Å². The monoisotopic (exact) mass is 266 g/mol. The minimum absolute atomic E-state index is 0.276. The van der Waals surface area contributed by atoms with Gasteiger partial charge >= 0.3 is 0 Å². The van der Waals surface area contributed by atoms with E-state index in [1.807, 2.05) is 0 Å². The number of aromatic nitrogens is 1. The van der Waals surface area contributed by atoms with E-state index in [2.05, 4.69) is 10.3 Å². The van der Waals surface area contributed by atoms with Gasteiger partial charge in [-0.15, -0.1) is 0 Å². The van der Waals surface area contributed by atoms with Crippen molar-refractivity contribution in [3.63, 3.8) is 0 Å². The van der Waals surface area contributed by atoms with E-state index in [4.69, 9.17) is 0 Å². The number of amides is 1. The lowest BCUT2D eigenvalue weighted by Gasteiger charge is -2.07. The van der Waals surface area contributed by atoms with Crippen molar-refractivity contribution in [1.82, 2.24) is 4.98 Å². The summed E-state index contributed by atoms with van der Waals surface area (Å²) in [7, 11) is 0. The molecule has 0 aliphatic rings. The molecule has 0 aliphatic heterocycles. The van der Waals surface area contributed by atoms with Crippen LogP contribution >= 0.6 is 0 Å². The quantitative estimate of drug-likeness (QED) is 0.849. The van der Waals surface area contributed by atoms with E-state index in [1.165, 1.54) is 6.20 Å². The average molecular weight is 266 g/mol. The van der Waals surface area contributed by atoms with E-state index < -0.39 is 23.4 Å². The summed E-state index contributed by atoms with van der Waals surface area (Å²) in [6, 6.07) is 4.66. The number of pyridine rings is 1. The molecule has 98 valence electrons. The zero-order chi connectivity index (χ0) is 14.0. The molecular weight excluding hydrogens is 257 g/mol. The van der Waals surface area contributed by atoms with Crippen LogP contribution in [0.2, 0.25) is 0 Å². The van der Waals surface area contributed by atoms with Crippen LogP contribution in [0.4, 0.5) is 19.0 Å². The summed E-state index contributed by atoms with van der Waals surface area (Å²) in [6.07, 6.45) is 1.47. The highest BCUT2D eigenvalue weighted by molar-refractivity contribution is 6.04. The Labute approximate surface area is 107 Å². The molecule has 0 saturated heterocycles.